The molecule has 9 heteroatoms. The molecule has 3 rings (SSSR count). The summed E-state index contributed by atoms with van der Waals surface area (Å²) in [7, 11) is 0. The molecule has 0 spiro atoms. The van der Waals surface area contributed by atoms with Crippen molar-refractivity contribution >= 4 is 23.4 Å². The smallest absolute Gasteiger partial charge is 0.326 e. The van der Waals surface area contributed by atoms with Crippen molar-refractivity contribution in [1.29, 1.82) is 0 Å². The number of hydrogen-bond acceptors (Lipinski definition) is 6. The average molecular weight is 279 g/mol. The number of aliphatic carboxylic acids is 1. The van der Waals surface area contributed by atoms with Gasteiger partial charge < -0.3 is 15.0 Å². The number of nitrogens with zero attached hydrogens (tertiary/aromatic N) is 4. The second-order valence-electron chi connectivity index (χ2n) is 4.10. The van der Waals surface area contributed by atoms with Crippen molar-refractivity contribution in [3.8, 4) is 0 Å². The molecule has 8 nitrogen and oxygen atoms in total. The van der Waals surface area contributed by atoms with Gasteiger partial charge in [0.25, 0.3) is 5.91 Å². The first-order chi connectivity index (χ1) is 9.16. The van der Waals surface area contributed by atoms with Crippen LogP contribution in [-0.2, 0) is 17.8 Å². The van der Waals surface area contributed by atoms with Crippen LogP contribution in [0.4, 0.5) is 0 Å². The van der Waals surface area contributed by atoms with Crippen LogP contribution in [0.2, 0.25) is 0 Å². The lowest BCUT2D eigenvalue weighted by atomic mass is 10.0. The fraction of sp³-hybridized carbons (Fsp3) is 0.300. The van der Waals surface area contributed by atoms with Gasteiger partial charge in [0.1, 0.15) is 10.9 Å². The van der Waals surface area contributed by atoms with E-state index in [4.69, 9.17) is 0 Å². The molecule has 0 fully saturated rings. The Bertz CT molecular complexity index is 623. The first kappa shape index (κ1) is 11.8. The van der Waals surface area contributed by atoms with E-state index in [1.54, 1.807) is 0 Å². The maximum absolute atomic E-state index is 12.3. The average Bonchev–Trinajstić information content (AvgIpc) is 3.06. The minimum atomic E-state index is -1.04. The molecule has 1 aliphatic heterocycles. The maximum atomic E-state index is 12.3. The molecule has 2 N–H and O–H groups in total. The van der Waals surface area contributed by atoms with Crippen molar-refractivity contribution < 1.29 is 14.7 Å². The second-order valence-corrected chi connectivity index (χ2v) is 4.89. The number of aromatic nitrogens is 4. The van der Waals surface area contributed by atoms with Crippen molar-refractivity contribution in [2.75, 3.05) is 0 Å². The summed E-state index contributed by atoms with van der Waals surface area (Å²) in [5.74, 6) is -1.41. The standard InChI is InChI=1S/C10H9N5O3S/c16-9(8-2-13-14-19-8)15-3-6-5(11-4-12-6)1-7(15)10(17)18/h2,4,7H,1,3H2,(H,11,12)(H,17,18). The highest BCUT2D eigenvalue weighted by molar-refractivity contribution is 7.07. The van der Waals surface area contributed by atoms with Crippen molar-refractivity contribution in [3.63, 3.8) is 0 Å². The summed E-state index contributed by atoms with van der Waals surface area (Å²) >= 11 is 0.951. The van der Waals surface area contributed by atoms with Crippen molar-refractivity contribution in [3.05, 3.63) is 28.8 Å². The van der Waals surface area contributed by atoms with Crippen LogP contribution in [0.1, 0.15) is 21.1 Å². The number of amides is 1. The Labute approximate surface area is 111 Å². The summed E-state index contributed by atoms with van der Waals surface area (Å²) in [6, 6.07) is -0.912. The third-order valence-corrected chi connectivity index (χ3v) is 3.67. The van der Waals surface area contributed by atoms with E-state index in [1.807, 2.05) is 0 Å². The van der Waals surface area contributed by atoms with Gasteiger partial charge in [-0.1, -0.05) is 4.49 Å². The van der Waals surface area contributed by atoms with Gasteiger partial charge in [0.15, 0.2) is 0 Å². The molecule has 2 aromatic rings. The van der Waals surface area contributed by atoms with Crippen molar-refractivity contribution in [2.45, 2.75) is 19.0 Å². The Hall–Kier alpha value is -2.29. The molecule has 2 aromatic heterocycles. The molecular weight excluding hydrogens is 270 g/mol. The van der Waals surface area contributed by atoms with Crippen LogP contribution in [0.25, 0.3) is 0 Å². The lowest BCUT2D eigenvalue weighted by Gasteiger charge is -2.31. The monoisotopic (exact) mass is 279 g/mol. The fourth-order valence-corrected chi connectivity index (χ4v) is 2.54. The number of aromatic amines is 1. The molecule has 1 unspecified atom stereocenters. The van der Waals surface area contributed by atoms with Crippen LogP contribution in [0, 0.1) is 0 Å². The number of carboxylic acid groups (broad SMARTS) is 1. The van der Waals surface area contributed by atoms with Crippen LogP contribution >= 0.6 is 11.5 Å². The topological polar surface area (TPSA) is 112 Å². The summed E-state index contributed by atoms with van der Waals surface area (Å²) in [6.45, 7) is 0.197. The number of carboxylic acids is 1. The van der Waals surface area contributed by atoms with E-state index in [1.165, 1.54) is 17.4 Å². The highest BCUT2D eigenvalue weighted by Crippen LogP contribution is 2.23. The summed E-state index contributed by atoms with van der Waals surface area (Å²) in [5.41, 5.74) is 1.46. The zero-order valence-corrected chi connectivity index (χ0v) is 10.4. The molecule has 0 saturated heterocycles. The second kappa shape index (κ2) is 4.43. The molecule has 0 radical (unpaired) electrons. The Morgan fingerprint density at radius 3 is 3.05 bits per heavy atom. The fourth-order valence-electron chi connectivity index (χ4n) is 2.07. The summed E-state index contributed by atoms with van der Waals surface area (Å²) < 4.78 is 3.62. The number of hydrogen-bond donors (Lipinski definition) is 2. The van der Waals surface area contributed by atoms with Gasteiger partial charge in [0, 0.05) is 6.42 Å². The third kappa shape index (κ3) is 1.97. The van der Waals surface area contributed by atoms with E-state index in [0.29, 0.717) is 10.6 Å². The minimum absolute atomic E-state index is 0.197. The molecule has 0 aliphatic carbocycles. The Balaban J connectivity index is 1.95. The van der Waals surface area contributed by atoms with Crippen LogP contribution in [0.3, 0.4) is 0 Å². The Morgan fingerprint density at radius 2 is 2.37 bits per heavy atom. The van der Waals surface area contributed by atoms with Crippen LogP contribution in [-0.4, -0.2) is 47.5 Å². The minimum Gasteiger partial charge on any atom is -0.480 e. The van der Waals surface area contributed by atoms with Gasteiger partial charge in [0.05, 0.1) is 30.5 Å². The van der Waals surface area contributed by atoms with Gasteiger partial charge in [-0.3, -0.25) is 4.79 Å². The zero-order chi connectivity index (χ0) is 13.4. The molecule has 0 saturated carbocycles. The number of carbonyl (C=O) groups excluding carboxylic acids is 1. The quantitative estimate of drug-likeness (QED) is 0.794. The summed E-state index contributed by atoms with van der Waals surface area (Å²) in [4.78, 5) is 32.2. The lowest BCUT2D eigenvalue weighted by molar-refractivity contribution is -0.142. The van der Waals surface area contributed by atoms with Gasteiger partial charge in [0.2, 0.25) is 0 Å². The molecule has 1 amide bonds. The molecule has 0 bridgehead atoms. The molecule has 1 atom stereocenters. The summed E-state index contributed by atoms with van der Waals surface area (Å²) in [6.07, 6.45) is 3.05. The molecule has 19 heavy (non-hydrogen) atoms. The highest BCUT2D eigenvalue weighted by Gasteiger charge is 2.36. The summed E-state index contributed by atoms with van der Waals surface area (Å²) in [5, 5.41) is 12.9. The normalized spacial score (nSPS) is 18.1. The van der Waals surface area contributed by atoms with E-state index in [9.17, 15) is 14.7 Å². The van der Waals surface area contributed by atoms with Crippen LogP contribution in [0.15, 0.2) is 12.5 Å². The van der Waals surface area contributed by atoms with Gasteiger partial charge in [-0.15, -0.1) is 5.10 Å². The molecule has 98 valence electrons. The number of fused-ring (bicyclic) bond motifs is 1. The van der Waals surface area contributed by atoms with Crippen LogP contribution in [0.5, 0.6) is 0 Å². The molecular formula is C10H9N5O3S. The maximum Gasteiger partial charge on any atom is 0.326 e. The lowest BCUT2D eigenvalue weighted by Crippen LogP contribution is -2.48. The van der Waals surface area contributed by atoms with E-state index >= 15 is 0 Å². The number of nitrogens with one attached hydrogen (secondary N) is 1. The predicted molar refractivity (Wildman–Crippen MR) is 63.5 cm³/mol. The zero-order valence-electron chi connectivity index (χ0n) is 9.61. The van der Waals surface area contributed by atoms with E-state index in [-0.39, 0.29) is 18.9 Å². The van der Waals surface area contributed by atoms with E-state index in [0.717, 1.165) is 17.2 Å². The van der Waals surface area contributed by atoms with Gasteiger partial charge >= 0.3 is 5.97 Å². The van der Waals surface area contributed by atoms with Gasteiger partial charge in [-0.25, -0.2) is 9.78 Å². The number of H-pyrrole nitrogens is 1. The molecule has 0 aromatic carbocycles. The van der Waals surface area contributed by atoms with Gasteiger partial charge in [-0.2, -0.15) is 0 Å². The third-order valence-electron chi connectivity index (χ3n) is 3.02. The highest BCUT2D eigenvalue weighted by atomic mass is 32.1. The molecule has 1 aliphatic rings. The molecule has 3 heterocycles. The van der Waals surface area contributed by atoms with E-state index < -0.39 is 12.0 Å². The number of carbonyl (C=O) groups is 2. The van der Waals surface area contributed by atoms with Crippen molar-refractivity contribution in [1.82, 2.24) is 24.5 Å². The number of imidazole rings is 1. The SMILES string of the molecule is O=C(O)C1Cc2nc[nH]c2CN1C(=O)c1cnns1. The predicted octanol–water partition coefficient (Wildman–Crippen LogP) is -0.0871. The first-order valence-corrected chi connectivity index (χ1v) is 6.26. The largest absolute Gasteiger partial charge is 0.480 e. The number of rotatable bonds is 2. The van der Waals surface area contributed by atoms with Crippen molar-refractivity contribution in [2.24, 2.45) is 0 Å². The van der Waals surface area contributed by atoms with E-state index in [2.05, 4.69) is 19.6 Å². The Kier molecular flexibility index (Phi) is 2.75. The first-order valence-electron chi connectivity index (χ1n) is 5.49. The van der Waals surface area contributed by atoms with Gasteiger partial charge in [-0.05, 0) is 11.5 Å². The van der Waals surface area contributed by atoms with Crippen LogP contribution < -0.4 is 0 Å². The Morgan fingerprint density at radius 1 is 1.53 bits per heavy atom.